The molecule has 1 aromatic rings. The first-order valence-corrected chi connectivity index (χ1v) is 10.8. The molecule has 0 aromatic heterocycles. The van der Waals surface area contributed by atoms with Gasteiger partial charge in [-0.2, -0.15) is 0 Å². The minimum atomic E-state index is -3.66. The Bertz CT molecular complexity index is 707. The van der Waals surface area contributed by atoms with Gasteiger partial charge in [-0.05, 0) is 57.1 Å². The van der Waals surface area contributed by atoms with Gasteiger partial charge in [0.25, 0.3) is 0 Å². The van der Waals surface area contributed by atoms with Crippen LogP contribution in [-0.4, -0.2) is 58.2 Å². The van der Waals surface area contributed by atoms with Crippen molar-refractivity contribution in [2.45, 2.75) is 19.3 Å². The van der Waals surface area contributed by atoms with Gasteiger partial charge in [-0.15, -0.1) is 0 Å². The van der Waals surface area contributed by atoms with Crippen molar-refractivity contribution in [1.29, 1.82) is 0 Å². The molecule has 1 aliphatic heterocycles. The maximum absolute atomic E-state index is 12.1. The van der Waals surface area contributed by atoms with Crippen LogP contribution in [0.1, 0.15) is 19.3 Å². The highest BCUT2D eigenvalue weighted by Gasteiger charge is 2.23. The average Bonchev–Trinajstić information content (AvgIpc) is 3.02. The van der Waals surface area contributed by atoms with E-state index in [1.165, 1.54) is 31.0 Å². The second-order valence-corrected chi connectivity index (χ2v) is 8.87. The van der Waals surface area contributed by atoms with Crippen LogP contribution in [0.3, 0.4) is 0 Å². The fourth-order valence-electron chi connectivity index (χ4n) is 2.79. The average molecular weight is 408 g/mol. The molecule has 0 bridgehead atoms. The number of nitrogens with one attached hydrogen (secondary N) is 1. The first-order valence-electron chi connectivity index (χ1n) is 8.19. The van der Waals surface area contributed by atoms with Gasteiger partial charge in [-0.3, -0.25) is 9.10 Å². The highest BCUT2D eigenvalue weighted by molar-refractivity contribution is 7.92. The predicted molar refractivity (Wildman–Crippen MR) is 102 cm³/mol. The lowest BCUT2D eigenvalue weighted by Crippen LogP contribution is -2.41. The summed E-state index contributed by atoms with van der Waals surface area (Å²) >= 11 is 11.9. The SMILES string of the molecule is CS(=O)(=O)N(CC(=O)NCCCN1CCCC1)c1ccc(Cl)cc1Cl. The van der Waals surface area contributed by atoms with Crippen molar-refractivity contribution < 1.29 is 13.2 Å². The van der Waals surface area contributed by atoms with Crippen molar-refractivity contribution in [1.82, 2.24) is 10.2 Å². The topological polar surface area (TPSA) is 69.7 Å². The van der Waals surface area contributed by atoms with Gasteiger partial charge in [-0.25, -0.2) is 8.42 Å². The standard InChI is InChI=1S/C16H23Cl2N3O3S/c1-25(23,24)21(15-6-5-13(17)11-14(15)18)12-16(22)19-7-4-10-20-8-2-3-9-20/h5-6,11H,2-4,7-10,12H2,1H3,(H,19,22). The van der Waals surface area contributed by atoms with Gasteiger partial charge in [0.05, 0.1) is 17.0 Å². The normalized spacial score (nSPS) is 15.3. The van der Waals surface area contributed by atoms with Crippen molar-refractivity contribution in [2.24, 2.45) is 0 Å². The Morgan fingerprint density at radius 2 is 1.96 bits per heavy atom. The molecular formula is C16H23Cl2N3O3S. The van der Waals surface area contributed by atoms with Crippen molar-refractivity contribution in [2.75, 3.05) is 43.3 Å². The number of halogens is 2. The van der Waals surface area contributed by atoms with Gasteiger partial charge in [0, 0.05) is 11.6 Å². The first kappa shape index (κ1) is 20.3. The summed E-state index contributed by atoms with van der Waals surface area (Å²) in [6.45, 7) is 3.38. The predicted octanol–water partition coefficient (Wildman–Crippen LogP) is 2.36. The van der Waals surface area contributed by atoms with Gasteiger partial charge in [-0.1, -0.05) is 23.2 Å². The van der Waals surface area contributed by atoms with Crippen molar-refractivity contribution in [3.05, 3.63) is 28.2 Å². The van der Waals surface area contributed by atoms with E-state index in [1.54, 1.807) is 0 Å². The minimum absolute atomic E-state index is 0.180. The molecule has 0 unspecified atom stereocenters. The van der Waals surface area contributed by atoms with Crippen LogP contribution in [0.25, 0.3) is 0 Å². The van der Waals surface area contributed by atoms with Gasteiger partial charge >= 0.3 is 0 Å². The lowest BCUT2D eigenvalue weighted by atomic mass is 10.3. The summed E-state index contributed by atoms with van der Waals surface area (Å²) < 4.78 is 25.1. The number of amides is 1. The number of carbonyl (C=O) groups excluding carboxylic acids is 1. The highest BCUT2D eigenvalue weighted by atomic mass is 35.5. The Morgan fingerprint density at radius 3 is 2.56 bits per heavy atom. The van der Waals surface area contributed by atoms with Crippen LogP contribution in [0.15, 0.2) is 18.2 Å². The number of hydrogen-bond donors (Lipinski definition) is 1. The van der Waals surface area contributed by atoms with Crippen molar-refractivity contribution in [3.8, 4) is 0 Å². The van der Waals surface area contributed by atoms with Crippen LogP contribution in [0.4, 0.5) is 5.69 Å². The molecule has 140 valence electrons. The Balaban J connectivity index is 1.91. The third-order valence-corrected chi connectivity index (χ3v) is 5.70. The largest absolute Gasteiger partial charge is 0.354 e. The Morgan fingerprint density at radius 1 is 1.28 bits per heavy atom. The van der Waals surface area contributed by atoms with Crippen LogP contribution < -0.4 is 9.62 Å². The molecule has 25 heavy (non-hydrogen) atoms. The van der Waals surface area contributed by atoms with E-state index in [1.807, 2.05) is 0 Å². The molecule has 0 aliphatic carbocycles. The van der Waals surface area contributed by atoms with E-state index in [0.29, 0.717) is 11.6 Å². The van der Waals surface area contributed by atoms with E-state index in [2.05, 4.69) is 10.2 Å². The number of hydrogen-bond acceptors (Lipinski definition) is 4. The molecule has 0 spiro atoms. The van der Waals surface area contributed by atoms with E-state index >= 15 is 0 Å². The monoisotopic (exact) mass is 407 g/mol. The lowest BCUT2D eigenvalue weighted by molar-refractivity contribution is -0.119. The number of anilines is 1. The number of rotatable bonds is 8. The summed E-state index contributed by atoms with van der Waals surface area (Å²) in [5, 5.41) is 3.35. The molecule has 1 aliphatic rings. The maximum Gasteiger partial charge on any atom is 0.240 e. The molecule has 0 atom stereocenters. The second-order valence-electron chi connectivity index (χ2n) is 6.12. The quantitative estimate of drug-likeness (QED) is 0.671. The molecular weight excluding hydrogens is 385 g/mol. The third kappa shape index (κ3) is 6.33. The molecule has 1 amide bonds. The van der Waals surface area contributed by atoms with E-state index < -0.39 is 10.0 Å². The molecule has 2 rings (SSSR count). The molecule has 1 heterocycles. The maximum atomic E-state index is 12.1. The summed E-state index contributed by atoms with van der Waals surface area (Å²) in [7, 11) is -3.66. The summed E-state index contributed by atoms with van der Waals surface area (Å²) in [6.07, 6.45) is 4.35. The Labute approximate surface area is 159 Å². The third-order valence-electron chi connectivity index (χ3n) is 4.04. The highest BCUT2D eigenvalue weighted by Crippen LogP contribution is 2.30. The van der Waals surface area contributed by atoms with E-state index in [9.17, 15) is 13.2 Å². The summed E-state index contributed by atoms with van der Waals surface area (Å²) in [5.74, 6) is -0.363. The minimum Gasteiger partial charge on any atom is -0.354 e. The number of nitrogens with zero attached hydrogens (tertiary/aromatic N) is 2. The van der Waals surface area contributed by atoms with Crippen molar-refractivity contribution in [3.63, 3.8) is 0 Å². The zero-order valence-corrected chi connectivity index (χ0v) is 16.5. The molecule has 0 saturated carbocycles. The van der Waals surface area contributed by atoms with Gasteiger partial charge in [0.2, 0.25) is 15.9 Å². The number of benzene rings is 1. The number of carbonyl (C=O) groups is 1. The summed E-state index contributed by atoms with van der Waals surface area (Å²) in [5.41, 5.74) is 0.237. The molecule has 0 radical (unpaired) electrons. The van der Waals surface area contributed by atoms with Crippen molar-refractivity contribution >= 4 is 44.8 Å². The van der Waals surface area contributed by atoms with Gasteiger partial charge in [0.15, 0.2) is 0 Å². The number of likely N-dealkylation sites (tertiary alicyclic amines) is 1. The van der Waals surface area contributed by atoms with E-state index in [-0.39, 0.29) is 23.2 Å². The smallest absolute Gasteiger partial charge is 0.240 e. The number of sulfonamides is 1. The molecule has 1 aromatic carbocycles. The Hall–Kier alpha value is -1.02. The first-order chi connectivity index (χ1) is 11.8. The zero-order valence-electron chi connectivity index (χ0n) is 14.2. The summed E-state index contributed by atoms with van der Waals surface area (Å²) in [6, 6.07) is 4.48. The van der Waals surface area contributed by atoms with E-state index in [0.717, 1.165) is 36.6 Å². The fraction of sp³-hybridized carbons (Fsp3) is 0.562. The van der Waals surface area contributed by atoms with Gasteiger partial charge < -0.3 is 10.2 Å². The molecule has 6 nitrogen and oxygen atoms in total. The summed E-state index contributed by atoms with van der Waals surface area (Å²) in [4.78, 5) is 14.5. The zero-order chi connectivity index (χ0) is 18.4. The van der Waals surface area contributed by atoms with E-state index in [4.69, 9.17) is 23.2 Å². The van der Waals surface area contributed by atoms with Crippen LogP contribution in [0, 0.1) is 0 Å². The lowest BCUT2D eigenvalue weighted by Gasteiger charge is -2.23. The molecule has 9 heteroatoms. The molecule has 1 fully saturated rings. The Kier molecular flexibility index (Phi) is 7.37. The van der Waals surface area contributed by atoms with Crippen LogP contribution >= 0.6 is 23.2 Å². The molecule has 1 N–H and O–H groups in total. The second kappa shape index (κ2) is 9.07. The van der Waals surface area contributed by atoms with Crippen LogP contribution in [0.5, 0.6) is 0 Å². The van der Waals surface area contributed by atoms with Crippen LogP contribution in [-0.2, 0) is 14.8 Å². The molecule has 1 saturated heterocycles. The van der Waals surface area contributed by atoms with Gasteiger partial charge in [0.1, 0.15) is 6.54 Å². The fourth-order valence-corrected chi connectivity index (χ4v) is 4.22. The van der Waals surface area contributed by atoms with Crippen LogP contribution in [0.2, 0.25) is 10.0 Å².